The number of carboxylic acid groups (broad SMARTS) is 2. The molecule has 2 aromatic carbocycles. The highest BCUT2D eigenvalue weighted by molar-refractivity contribution is 5.85. The van der Waals surface area contributed by atoms with Crippen LogP contribution in [0.3, 0.4) is 0 Å². The predicted octanol–water partition coefficient (Wildman–Crippen LogP) is 9.88. The van der Waals surface area contributed by atoms with Crippen molar-refractivity contribution in [1.29, 1.82) is 0 Å². The van der Waals surface area contributed by atoms with Gasteiger partial charge in [0.1, 0.15) is 81.7 Å². The average molecular weight is 1820 g/mol. The van der Waals surface area contributed by atoms with Crippen molar-refractivity contribution in [1.82, 2.24) is 63.0 Å². The van der Waals surface area contributed by atoms with Crippen LogP contribution in [0.5, 0.6) is 0 Å². The maximum absolute atomic E-state index is 13.3. The van der Waals surface area contributed by atoms with Crippen LogP contribution in [-0.4, -0.2) is 267 Å². The summed E-state index contributed by atoms with van der Waals surface area (Å²) in [6, 6.07) is 11.3. The fourth-order valence-corrected chi connectivity index (χ4v) is 11.2. The Morgan fingerprint density at radius 1 is 0.320 bits per heavy atom. The molecule has 3 aliphatic heterocycles. The molecule has 9 atom stereocenters. The van der Waals surface area contributed by atoms with Crippen molar-refractivity contribution < 1.29 is 139 Å². The molecule has 0 unspecified atom stereocenters. The second-order valence-corrected chi connectivity index (χ2v) is 38.9. The van der Waals surface area contributed by atoms with Gasteiger partial charge in [-0.15, -0.1) is 0 Å². The fourth-order valence-electron chi connectivity index (χ4n) is 11.2. The normalized spacial score (nSPS) is 17.5. The van der Waals surface area contributed by atoms with Gasteiger partial charge in [-0.2, -0.15) is 0 Å². The number of alkyl carbamates (subject to hydrolysis) is 9. The molecule has 3 heterocycles. The molecule has 0 aliphatic carbocycles. The summed E-state index contributed by atoms with van der Waals surface area (Å²) in [4.78, 5) is 186. The number of aliphatic hydroxyl groups is 1. The molecule has 11 amide bonds. The number of likely N-dealkylation sites (tertiary alicyclic amines) is 2. The Morgan fingerprint density at radius 2 is 0.531 bits per heavy atom. The number of aliphatic hydroxyl groups excluding tert-OH is 1. The maximum atomic E-state index is 13.3. The van der Waals surface area contributed by atoms with Gasteiger partial charge in [-0.05, 0) is 217 Å². The van der Waals surface area contributed by atoms with Gasteiger partial charge >= 0.3 is 78.7 Å². The Kier molecular flexibility index (Phi) is 46.2. The molecule has 13 N–H and O–H groups in total. The third-order valence-electron chi connectivity index (χ3n) is 16.1. The van der Waals surface area contributed by atoms with E-state index in [1.165, 1.54) is 9.80 Å². The number of carboxylic acids is 2. The Hall–Kier alpha value is -11.4. The number of carbonyl (C=O) groups is 15. The zero-order chi connectivity index (χ0) is 98.5. The summed E-state index contributed by atoms with van der Waals surface area (Å²) in [5, 5.41) is 51.8. The highest BCUT2D eigenvalue weighted by atomic mass is 16.6. The topological polar surface area (TPSA) is 545 Å². The van der Waals surface area contributed by atoms with Gasteiger partial charge in [0.2, 0.25) is 11.8 Å². The largest absolute Gasteiger partial charge is 0.481 e. The lowest BCUT2D eigenvalue weighted by atomic mass is 10.1. The third kappa shape index (κ3) is 54.6. The zero-order valence-corrected chi connectivity index (χ0v) is 79.7. The number of carbonyl (C=O) groups excluding carboxylic acids is 13. The lowest BCUT2D eigenvalue weighted by Gasteiger charge is -2.26. The van der Waals surface area contributed by atoms with E-state index >= 15 is 0 Å². The average Bonchev–Trinajstić information content (AvgIpc) is 1.69. The van der Waals surface area contributed by atoms with Crippen molar-refractivity contribution in [2.45, 2.75) is 343 Å². The van der Waals surface area contributed by atoms with Crippen molar-refractivity contribution >= 4 is 90.5 Å². The molecular formula is C87H144N12O29. The summed E-state index contributed by atoms with van der Waals surface area (Å²) >= 11 is 0. The molecule has 3 fully saturated rings. The second-order valence-electron chi connectivity index (χ2n) is 38.9. The van der Waals surface area contributed by atoms with E-state index < -0.39 is 177 Å². The van der Waals surface area contributed by atoms with Gasteiger partial charge in [0.05, 0.1) is 36.3 Å². The summed E-state index contributed by atoms with van der Waals surface area (Å²) in [5.41, 5.74) is -4.90. The molecule has 726 valence electrons. The van der Waals surface area contributed by atoms with E-state index in [-0.39, 0.29) is 95.9 Å². The predicted molar refractivity (Wildman–Crippen MR) is 468 cm³/mol. The van der Waals surface area contributed by atoms with Crippen LogP contribution in [0, 0.1) is 0 Å². The van der Waals surface area contributed by atoms with E-state index in [0.717, 1.165) is 18.2 Å². The van der Waals surface area contributed by atoms with Crippen LogP contribution in [0.15, 0.2) is 60.7 Å². The van der Waals surface area contributed by atoms with Crippen LogP contribution in [0.4, 0.5) is 43.2 Å². The quantitative estimate of drug-likeness (QED) is 0.0325. The molecule has 3 aliphatic rings. The monoisotopic (exact) mass is 1820 g/mol. The number of nitrogens with one attached hydrogen (secondary N) is 10. The van der Waals surface area contributed by atoms with Gasteiger partial charge < -0.3 is 130 Å². The number of ether oxygens (including phenoxy) is 11. The molecule has 0 spiro atoms. The molecule has 0 saturated carbocycles. The number of nitrogens with zero attached hydrogens (tertiary/aromatic N) is 2. The lowest BCUT2D eigenvalue weighted by Crippen LogP contribution is -2.52. The number of hydrogen-bond acceptors (Lipinski definition) is 28. The van der Waals surface area contributed by atoms with Crippen molar-refractivity contribution in [3.63, 3.8) is 0 Å². The minimum absolute atomic E-state index is 0.0116. The molecule has 2 aromatic rings. The van der Waals surface area contributed by atoms with Crippen molar-refractivity contribution in [3.05, 3.63) is 71.8 Å². The van der Waals surface area contributed by atoms with Gasteiger partial charge in [-0.25, -0.2) is 57.5 Å². The van der Waals surface area contributed by atoms with Crippen molar-refractivity contribution in [2.24, 2.45) is 0 Å². The van der Waals surface area contributed by atoms with Crippen LogP contribution in [0.1, 0.15) is 237 Å². The van der Waals surface area contributed by atoms with E-state index in [0.29, 0.717) is 13.1 Å². The highest BCUT2D eigenvalue weighted by Gasteiger charge is 2.43. The molecule has 41 heteroatoms. The first-order valence-electron chi connectivity index (χ1n) is 42.0. The van der Waals surface area contributed by atoms with E-state index in [1.54, 1.807) is 211 Å². The number of rotatable bonds is 25. The molecular weight excluding hydrogens is 1680 g/mol. The zero-order valence-electron chi connectivity index (χ0n) is 79.7. The molecule has 0 aromatic heterocycles. The molecule has 0 radical (unpaired) electrons. The maximum Gasteiger partial charge on any atom is 0.408 e. The van der Waals surface area contributed by atoms with Gasteiger partial charge in [0.15, 0.2) is 0 Å². The Labute approximate surface area is 751 Å². The molecule has 128 heavy (non-hydrogen) atoms. The van der Waals surface area contributed by atoms with Gasteiger partial charge in [-0.1, -0.05) is 60.7 Å². The first-order valence-corrected chi connectivity index (χ1v) is 42.0. The number of hydrogen-bond donors (Lipinski definition) is 13. The van der Waals surface area contributed by atoms with Crippen LogP contribution >= 0.6 is 0 Å². The van der Waals surface area contributed by atoms with Gasteiger partial charge in [-0.3, -0.25) is 14.4 Å². The number of esters is 2. The second kappa shape index (κ2) is 51.6. The van der Waals surface area contributed by atoms with E-state index in [2.05, 4.69) is 53.2 Å². The first-order chi connectivity index (χ1) is 58.5. The van der Waals surface area contributed by atoms with Crippen LogP contribution in [0.2, 0.25) is 0 Å². The highest BCUT2D eigenvalue weighted by Crippen LogP contribution is 2.22. The summed E-state index contributed by atoms with van der Waals surface area (Å²) in [6.45, 7) is 47.8. The van der Waals surface area contributed by atoms with Crippen molar-refractivity contribution in [2.75, 3.05) is 46.4 Å². The van der Waals surface area contributed by atoms with Crippen LogP contribution in [0.25, 0.3) is 0 Å². The molecule has 5 rings (SSSR count). The Bertz CT molecular complexity index is 3810. The van der Waals surface area contributed by atoms with E-state index in [9.17, 15) is 77.0 Å². The van der Waals surface area contributed by atoms with Gasteiger partial charge in [0.25, 0.3) is 0 Å². The number of aliphatic carboxylic acids is 2. The Morgan fingerprint density at radius 3 is 0.758 bits per heavy atom. The van der Waals surface area contributed by atoms with Gasteiger partial charge in [0, 0.05) is 65.6 Å². The summed E-state index contributed by atoms with van der Waals surface area (Å²) in [6.07, 6.45) is -7.29. The SMILES string of the molecule is CC(C)(C)OC(=O)N[C@@H](CCC(=O)N1C[C@H](NC(=O)OC(C)(C)C)[C@H](NC(=O)OC(C)(C)C)C1)C(=O)O.CC(C)(C)OC(=O)N[C@@H](CCC(=O)N1C[C@H](NC(=O)OC(C)(C)C)[C@H](NC(=O)OC(C)(C)C)C1)C(=O)OCc1ccccc1.CC(C)(C)OC(=O)N[C@@H](CCC(=O)O)C(=O)OCc1ccccc1.CC(C)(C)OC(=O)N[C@H]1CNC[C@H]1NC(=O)OC(C)(C)C.CO. The summed E-state index contributed by atoms with van der Waals surface area (Å²) < 4.78 is 57.8. The number of benzene rings is 2. The third-order valence-corrected chi connectivity index (χ3v) is 16.1. The standard InChI is InChI=1S/C31H48N4O9.C24H42N4O9.C17H23NO6.C14H27N3O4.CH4O/c1-29(2,3)42-26(38)32-21(25(37)41-19-20-13-11-10-12-14-20)15-16-24(36)35-17-22(33-27(39)43-30(4,5)6)23(18-35)34-28(40)44-31(7,8)9;1-22(2,3)35-19(32)25-14(18(30)31)10-11-17(29)28-12-15(26-20(33)36-23(4,5)6)16(13-28)27-21(34)37-24(7,8)9;1-17(2,3)24-16(22)18-13(9-10-14(19)20)15(21)23-11-12-7-5-4-6-8-12;1-13(2,3)20-11(18)16-9-7-15-8-10(9)17-12(19)21-14(4,5)6;1-2/h10-14,21-23H,15-19H2,1-9H3,(H,32,38)(H,33,39)(H,34,40);14-16H,10-13H2,1-9H3,(H,25,32)(H,26,33)(H,27,34)(H,30,31);4-8,13H,9-11H2,1-3H3,(H,18,22)(H,19,20);9-10,15H,7-8H2,1-6H3,(H,16,18)(H,17,19);2H,1H3/t21-,22-,23+;14-,15-,16+;13-;9-,10+;/m000../s1. The number of amides is 11. The van der Waals surface area contributed by atoms with E-state index in [1.807, 2.05) is 36.4 Å². The fraction of sp³-hybridized carbons (Fsp3) is 0.690. The van der Waals surface area contributed by atoms with Crippen LogP contribution in [-0.2, 0) is 94.1 Å². The molecule has 0 bridgehead atoms. The summed E-state index contributed by atoms with van der Waals surface area (Å²) in [7, 11) is 1.00. The summed E-state index contributed by atoms with van der Waals surface area (Å²) in [5.74, 6) is -4.58. The lowest BCUT2D eigenvalue weighted by molar-refractivity contribution is -0.149. The van der Waals surface area contributed by atoms with Crippen LogP contribution < -0.4 is 53.2 Å². The minimum Gasteiger partial charge on any atom is -0.481 e. The molecule has 3 saturated heterocycles. The molecule has 41 nitrogen and oxygen atoms in total. The van der Waals surface area contributed by atoms with E-state index in [4.69, 9.17) is 62.3 Å². The first kappa shape index (κ1) is 115. The van der Waals surface area contributed by atoms with Crippen molar-refractivity contribution in [3.8, 4) is 0 Å². The minimum atomic E-state index is -1.34. The Balaban J connectivity index is 0.000000881. The smallest absolute Gasteiger partial charge is 0.408 e.